The maximum Gasteiger partial charge on any atom is 0.436 e. The second-order valence-corrected chi connectivity index (χ2v) is 3.01. The molecule has 0 saturated carbocycles. The summed E-state index contributed by atoms with van der Waals surface area (Å²) < 4.78 is 110. The molecule has 112 valence electrons. The van der Waals surface area contributed by atoms with Gasteiger partial charge in [-0.3, -0.25) is 0 Å². The lowest BCUT2D eigenvalue weighted by molar-refractivity contribution is -0.260. The summed E-state index contributed by atoms with van der Waals surface area (Å²) in [5.74, 6) is 3.80. The van der Waals surface area contributed by atoms with Gasteiger partial charge < -0.3 is 11.7 Å². The molecule has 0 aromatic rings. The number of alkyl halides is 9. The number of nitrogens with two attached hydrogens (primary N) is 2. The van der Waals surface area contributed by atoms with Crippen molar-refractivity contribution in [2.75, 3.05) is 0 Å². The molecule has 0 aliphatic heterocycles. The molecule has 0 aromatic carbocycles. The highest BCUT2D eigenvalue weighted by Crippen LogP contribution is 2.41. The summed E-state index contributed by atoms with van der Waals surface area (Å²) in [5.41, 5.74) is -5.22. The highest BCUT2D eigenvalue weighted by atomic mass is 19.4. The molecule has 0 fully saturated rings. The van der Waals surface area contributed by atoms with Crippen molar-refractivity contribution in [3.05, 3.63) is 0 Å². The Hall–Kier alpha value is -1.69. The summed E-state index contributed by atoms with van der Waals surface area (Å²) in [7, 11) is 0. The topological polar surface area (TPSA) is 76.8 Å². The quantitative estimate of drug-likeness (QED) is 0.354. The second-order valence-electron chi connectivity index (χ2n) is 3.01. The predicted molar refractivity (Wildman–Crippen MR) is 44.9 cm³/mol. The first kappa shape index (κ1) is 17.3. The second kappa shape index (κ2) is 5.13. The van der Waals surface area contributed by atoms with E-state index in [1.54, 1.807) is 0 Å². The molecule has 0 unspecified atom stereocenters. The Morgan fingerprint density at radius 2 is 1.11 bits per heavy atom. The molecule has 13 heteroatoms. The Kier molecular flexibility index (Phi) is 4.67. The molecular weight excluding hydrogens is 299 g/mol. The largest absolute Gasteiger partial charge is 0.436 e. The molecule has 0 heterocycles. The standard InChI is InChI=1S/C6H5F9N4/c7-4(8,9)2(5(10,11)12)1(18-16)3(19-17)6(13,14)15/h2H,16-17H2. The number of halogens is 9. The van der Waals surface area contributed by atoms with Gasteiger partial charge in [0.15, 0.2) is 11.6 Å². The SMILES string of the molecule is NN=C(C(=NN)C(F)(F)F)C(C(F)(F)F)C(F)(F)F. The van der Waals surface area contributed by atoms with Crippen LogP contribution in [-0.4, -0.2) is 30.0 Å². The van der Waals surface area contributed by atoms with Crippen molar-refractivity contribution in [2.45, 2.75) is 18.5 Å². The average Bonchev–Trinajstić information content (AvgIpc) is 2.10. The first-order valence-electron chi connectivity index (χ1n) is 4.03. The third-order valence-corrected chi connectivity index (χ3v) is 1.71. The fraction of sp³-hybridized carbons (Fsp3) is 0.667. The summed E-state index contributed by atoms with van der Waals surface area (Å²) in [6.07, 6.45) is -17.9. The van der Waals surface area contributed by atoms with Gasteiger partial charge in [-0.15, -0.1) is 0 Å². The molecule has 0 aliphatic rings. The van der Waals surface area contributed by atoms with Crippen LogP contribution in [-0.2, 0) is 0 Å². The van der Waals surface area contributed by atoms with Gasteiger partial charge in [0.25, 0.3) is 0 Å². The minimum absolute atomic E-state index is 1.86. The van der Waals surface area contributed by atoms with Crippen LogP contribution in [0.1, 0.15) is 0 Å². The van der Waals surface area contributed by atoms with E-state index in [1.165, 1.54) is 0 Å². The van der Waals surface area contributed by atoms with E-state index in [0.717, 1.165) is 0 Å². The Morgan fingerprint density at radius 3 is 1.26 bits per heavy atom. The van der Waals surface area contributed by atoms with Gasteiger partial charge in [0, 0.05) is 0 Å². The van der Waals surface area contributed by atoms with E-state index in [-0.39, 0.29) is 0 Å². The third kappa shape index (κ3) is 4.17. The fourth-order valence-electron chi connectivity index (χ4n) is 1.05. The van der Waals surface area contributed by atoms with E-state index in [0.29, 0.717) is 0 Å². The van der Waals surface area contributed by atoms with Gasteiger partial charge in [0.1, 0.15) is 5.71 Å². The summed E-state index contributed by atoms with van der Waals surface area (Å²) in [4.78, 5) is 0. The number of rotatable bonds is 2. The highest BCUT2D eigenvalue weighted by molar-refractivity contribution is 6.45. The van der Waals surface area contributed by atoms with Crippen molar-refractivity contribution >= 4 is 11.4 Å². The lowest BCUT2D eigenvalue weighted by atomic mass is 9.97. The number of hydrogen-bond acceptors (Lipinski definition) is 4. The monoisotopic (exact) mass is 304 g/mol. The van der Waals surface area contributed by atoms with Gasteiger partial charge in [-0.1, -0.05) is 0 Å². The van der Waals surface area contributed by atoms with Gasteiger partial charge >= 0.3 is 18.5 Å². The van der Waals surface area contributed by atoms with E-state index in [1.807, 2.05) is 10.2 Å². The normalized spacial score (nSPS) is 16.1. The van der Waals surface area contributed by atoms with Gasteiger partial charge in [0.05, 0.1) is 0 Å². The van der Waals surface area contributed by atoms with Crippen LogP contribution in [0.3, 0.4) is 0 Å². The number of hydrogen-bond donors (Lipinski definition) is 2. The molecule has 4 nitrogen and oxygen atoms in total. The van der Waals surface area contributed by atoms with Crippen molar-refractivity contribution in [3.8, 4) is 0 Å². The summed E-state index contributed by atoms with van der Waals surface area (Å²) in [6.45, 7) is 0. The lowest BCUT2D eigenvalue weighted by Gasteiger charge is -2.24. The first-order chi connectivity index (χ1) is 8.26. The summed E-state index contributed by atoms with van der Waals surface area (Å²) >= 11 is 0. The van der Waals surface area contributed by atoms with Crippen molar-refractivity contribution in [1.82, 2.24) is 0 Å². The molecule has 0 atom stereocenters. The van der Waals surface area contributed by atoms with Crippen LogP contribution >= 0.6 is 0 Å². The molecule has 0 aliphatic carbocycles. The van der Waals surface area contributed by atoms with Gasteiger partial charge in [0.2, 0.25) is 0 Å². The maximum atomic E-state index is 12.2. The zero-order valence-corrected chi connectivity index (χ0v) is 8.53. The molecule has 4 N–H and O–H groups in total. The van der Waals surface area contributed by atoms with Gasteiger partial charge in [-0.05, 0) is 0 Å². The fourth-order valence-corrected chi connectivity index (χ4v) is 1.05. The van der Waals surface area contributed by atoms with Crippen LogP contribution in [0.25, 0.3) is 0 Å². The Labute approximate surface area is 98.5 Å². The van der Waals surface area contributed by atoms with E-state index >= 15 is 0 Å². The first-order valence-corrected chi connectivity index (χ1v) is 4.03. The molecule has 0 spiro atoms. The average molecular weight is 304 g/mol. The van der Waals surface area contributed by atoms with Crippen molar-refractivity contribution in [2.24, 2.45) is 27.8 Å². The summed E-state index contributed by atoms with van der Waals surface area (Å²) in [6, 6.07) is 0. The van der Waals surface area contributed by atoms with Crippen molar-refractivity contribution < 1.29 is 39.5 Å². The van der Waals surface area contributed by atoms with Crippen LogP contribution in [0.5, 0.6) is 0 Å². The smallest absolute Gasteiger partial charge is 0.323 e. The summed E-state index contributed by atoms with van der Waals surface area (Å²) in [5, 5.41) is 3.76. The van der Waals surface area contributed by atoms with E-state index in [4.69, 9.17) is 0 Å². The Balaban J connectivity index is 5.95. The molecule has 19 heavy (non-hydrogen) atoms. The zero-order valence-electron chi connectivity index (χ0n) is 8.53. The van der Waals surface area contributed by atoms with Gasteiger partial charge in [-0.25, -0.2) is 0 Å². The molecule has 0 amide bonds. The maximum absolute atomic E-state index is 12.2. The van der Waals surface area contributed by atoms with Crippen LogP contribution in [0.2, 0.25) is 0 Å². The molecule has 0 bridgehead atoms. The molecule has 0 radical (unpaired) electrons. The van der Waals surface area contributed by atoms with Crippen molar-refractivity contribution in [3.63, 3.8) is 0 Å². The number of hydrazone groups is 2. The minimum atomic E-state index is -6.10. The lowest BCUT2D eigenvalue weighted by Crippen LogP contribution is -2.49. The van der Waals surface area contributed by atoms with Gasteiger partial charge in [-0.2, -0.15) is 49.7 Å². The van der Waals surface area contributed by atoms with Crippen LogP contribution in [0, 0.1) is 5.92 Å². The minimum Gasteiger partial charge on any atom is -0.323 e. The van der Waals surface area contributed by atoms with E-state index < -0.39 is 35.9 Å². The Bertz CT molecular complexity index is 360. The van der Waals surface area contributed by atoms with Crippen LogP contribution in [0.4, 0.5) is 39.5 Å². The molecule has 0 saturated heterocycles. The molecule has 0 rings (SSSR count). The third-order valence-electron chi connectivity index (χ3n) is 1.71. The predicted octanol–water partition coefficient (Wildman–Crippen LogP) is 1.92. The zero-order chi connectivity index (χ0) is 15.6. The van der Waals surface area contributed by atoms with Crippen molar-refractivity contribution in [1.29, 1.82) is 0 Å². The van der Waals surface area contributed by atoms with E-state index in [2.05, 4.69) is 11.7 Å². The highest BCUT2D eigenvalue weighted by Gasteiger charge is 2.62. The molecular formula is C6H5F9N4. The van der Waals surface area contributed by atoms with E-state index in [9.17, 15) is 39.5 Å². The van der Waals surface area contributed by atoms with Crippen LogP contribution < -0.4 is 11.7 Å². The molecule has 0 aromatic heterocycles. The Morgan fingerprint density at radius 1 is 0.737 bits per heavy atom. The van der Waals surface area contributed by atoms with Crippen LogP contribution in [0.15, 0.2) is 10.2 Å². The number of nitrogens with zero attached hydrogens (tertiary/aromatic N) is 2.